The first-order valence-corrected chi connectivity index (χ1v) is 13.2. The Balaban J connectivity index is 1.70. The van der Waals surface area contributed by atoms with E-state index in [1.165, 1.54) is 7.11 Å². The molecule has 0 bridgehead atoms. The summed E-state index contributed by atoms with van der Waals surface area (Å²) < 4.78 is 17.2. The molecular weight excluding hydrogens is 508 g/mol. The Morgan fingerprint density at radius 3 is 2.15 bits per heavy atom. The van der Waals surface area contributed by atoms with Crippen molar-refractivity contribution in [2.45, 2.75) is 44.4 Å². The van der Waals surface area contributed by atoms with Gasteiger partial charge in [-0.3, -0.25) is 14.6 Å². The Morgan fingerprint density at radius 2 is 1.52 bits per heavy atom. The monoisotopic (exact) mass is 538 g/mol. The van der Waals surface area contributed by atoms with Gasteiger partial charge in [0, 0.05) is 28.7 Å². The molecule has 3 aromatic rings. The average molecular weight is 539 g/mol. The number of hydrogen-bond acceptors (Lipinski definition) is 8. The zero-order valence-electron chi connectivity index (χ0n) is 23.0. The predicted octanol–water partition coefficient (Wildman–Crippen LogP) is 4.97. The van der Waals surface area contributed by atoms with E-state index in [0.29, 0.717) is 28.2 Å². The van der Waals surface area contributed by atoms with Gasteiger partial charge >= 0.3 is 5.97 Å². The molecule has 0 saturated carbocycles. The number of carbonyl (C=O) groups is 3. The van der Waals surface area contributed by atoms with Crippen LogP contribution in [0.25, 0.3) is 0 Å². The average Bonchev–Trinajstić information content (AvgIpc) is 3.38. The van der Waals surface area contributed by atoms with Crippen molar-refractivity contribution in [3.05, 3.63) is 94.5 Å². The van der Waals surface area contributed by atoms with Gasteiger partial charge in [0.15, 0.2) is 17.6 Å². The zero-order valence-corrected chi connectivity index (χ0v) is 23.0. The SMILES string of the molecule is COc1ccc([C@H]2[C@H](C(=O)OC(C)(C)C)N3N=Cc4ccccc4[C@H]3C23C(=O)c2ccccc2C3=O)c(OC)c1. The molecule has 6 rings (SSSR count). The lowest BCUT2D eigenvalue weighted by Gasteiger charge is -2.36. The van der Waals surface area contributed by atoms with Gasteiger partial charge in [0.1, 0.15) is 22.5 Å². The van der Waals surface area contributed by atoms with Crippen LogP contribution in [0.5, 0.6) is 11.5 Å². The van der Waals surface area contributed by atoms with Gasteiger partial charge in [-0.05, 0) is 38.0 Å². The van der Waals surface area contributed by atoms with Crippen molar-refractivity contribution < 1.29 is 28.6 Å². The number of ether oxygens (including phenoxy) is 3. The van der Waals surface area contributed by atoms with E-state index in [2.05, 4.69) is 0 Å². The molecule has 1 fully saturated rings. The van der Waals surface area contributed by atoms with Crippen LogP contribution in [0.1, 0.15) is 70.1 Å². The number of rotatable bonds is 4. The molecule has 0 unspecified atom stereocenters. The lowest BCUT2D eigenvalue weighted by Crippen LogP contribution is -2.44. The summed E-state index contributed by atoms with van der Waals surface area (Å²) in [6.45, 7) is 5.35. The van der Waals surface area contributed by atoms with Crippen molar-refractivity contribution in [3.63, 3.8) is 0 Å². The number of Topliss-reactive ketones (excluding diaryl/α,β-unsaturated/α-hetero) is 2. The third-order valence-corrected chi connectivity index (χ3v) is 8.00. The Kier molecular flexibility index (Phi) is 5.83. The molecule has 204 valence electrons. The first-order valence-electron chi connectivity index (χ1n) is 13.2. The molecule has 2 heterocycles. The maximum atomic E-state index is 14.7. The van der Waals surface area contributed by atoms with Gasteiger partial charge in [-0.2, -0.15) is 5.10 Å². The van der Waals surface area contributed by atoms with Gasteiger partial charge < -0.3 is 14.2 Å². The fourth-order valence-electron chi connectivity index (χ4n) is 6.53. The van der Waals surface area contributed by atoms with Crippen LogP contribution in [0.4, 0.5) is 0 Å². The van der Waals surface area contributed by atoms with Gasteiger partial charge in [-0.1, -0.05) is 54.6 Å². The van der Waals surface area contributed by atoms with Crippen molar-refractivity contribution in [1.29, 1.82) is 0 Å². The third-order valence-electron chi connectivity index (χ3n) is 8.00. The van der Waals surface area contributed by atoms with E-state index in [9.17, 15) is 14.4 Å². The fraction of sp³-hybridized carbons (Fsp3) is 0.312. The van der Waals surface area contributed by atoms with E-state index in [1.54, 1.807) is 81.6 Å². The Hall–Kier alpha value is -4.46. The number of benzene rings is 3. The Labute approximate surface area is 232 Å². The van der Waals surface area contributed by atoms with Crippen molar-refractivity contribution >= 4 is 23.8 Å². The van der Waals surface area contributed by atoms with Crippen LogP contribution in [-0.2, 0) is 9.53 Å². The molecule has 1 aliphatic carbocycles. The van der Waals surface area contributed by atoms with Gasteiger partial charge in [0.2, 0.25) is 0 Å². The van der Waals surface area contributed by atoms with Crippen molar-refractivity contribution in [1.82, 2.24) is 5.01 Å². The van der Waals surface area contributed by atoms with Crippen LogP contribution >= 0.6 is 0 Å². The number of fused-ring (bicyclic) bond motifs is 5. The number of esters is 1. The van der Waals surface area contributed by atoms with Crippen LogP contribution in [0.3, 0.4) is 0 Å². The summed E-state index contributed by atoms with van der Waals surface area (Å²) in [5.74, 6) is -1.32. The van der Waals surface area contributed by atoms with Gasteiger partial charge in [0.05, 0.1) is 26.5 Å². The molecule has 1 saturated heterocycles. The lowest BCUT2D eigenvalue weighted by molar-refractivity contribution is -0.161. The zero-order chi connectivity index (χ0) is 28.4. The molecule has 40 heavy (non-hydrogen) atoms. The number of carbonyl (C=O) groups excluding carboxylic acids is 3. The molecule has 0 amide bonds. The second-order valence-electron chi connectivity index (χ2n) is 11.3. The number of ketones is 2. The first kappa shape index (κ1) is 25.8. The van der Waals surface area contributed by atoms with Crippen LogP contribution in [0.2, 0.25) is 0 Å². The normalized spacial score (nSPS) is 22.1. The van der Waals surface area contributed by atoms with E-state index in [0.717, 1.165) is 11.1 Å². The first-order chi connectivity index (χ1) is 19.1. The van der Waals surface area contributed by atoms with Crippen molar-refractivity contribution in [2.75, 3.05) is 14.2 Å². The molecule has 2 aliphatic heterocycles. The largest absolute Gasteiger partial charge is 0.497 e. The smallest absolute Gasteiger partial charge is 0.331 e. The molecule has 8 heteroatoms. The lowest BCUT2D eigenvalue weighted by atomic mass is 9.63. The molecule has 0 radical (unpaired) electrons. The van der Waals surface area contributed by atoms with E-state index in [4.69, 9.17) is 19.3 Å². The molecule has 3 aromatic carbocycles. The minimum atomic E-state index is -1.71. The summed E-state index contributed by atoms with van der Waals surface area (Å²) in [5, 5.41) is 6.32. The maximum absolute atomic E-state index is 14.7. The van der Waals surface area contributed by atoms with Crippen LogP contribution in [-0.4, -0.2) is 54.6 Å². The van der Waals surface area contributed by atoms with Gasteiger partial charge in [-0.15, -0.1) is 0 Å². The molecular formula is C32H30N2O6. The van der Waals surface area contributed by atoms with E-state index >= 15 is 0 Å². The summed E-state index contributed by atoms with van der Waals surface area (Å²) in [7, 11) is 3.05. The number of hydrogen-bond donors (Lipinski definition) is 0. The number of hydrazone groups is 1. The number of methoxy groups -OCH3 is 2. The van der Waals surface area contributed by atoms with E-state index in [-0.39, 0.29) is 11.6 Å². The highest BCUT2D eigenvalue weighted by molar-refractivity contribution is 6.31. The second-order valence-corrected chi connectivity index (χ2v) is 11.3. The second kappa shape index (κ2) is 9.05. The summed E-state index contributed by atoms with van der Waals surface area (Å²) in [6, 6.07) is 17.6. The minimum absolute atomic E-state index is 0.335. The van der Waals surface area contributed by atoms with Crippen LogP contribution < -0.4 is 9.47 Å². The summed E-state index contributed by atoms with van der Waals surface area (Å²) in [5.41, 5.74) is 0.196. The van der Waals surface area contributed by atoms with Gasteiger partial charge in [0.25, 0.3) is 0 Å². The Morgan fingerprint density at radius 1 is 0.875 bits per heavy atom. The highest BCUT2D eigenvalue weighted by Gasteiger charge is 2.73. The highest BCUT2D eigenvalue weighted by atomic mass is 16.6. The summed E-state index contributed by atoms with van der Waals surface area (Å²) >= 11 is 0. The fourth-order valence-corrected chi connectivity index (χ4v) is 6.53. The quantitative estimate of drug-likeness (QED) is 0.342. The summed E-state index contributed by atoms with van der Waals surface area (Å²) in [4.78, 5) is 43.6. The van der Waals surface area contributed by atoms with Crippen molar-refractivity contribution in [2.24, 2.45) is 10.5 Å². The molecule has 1 spiro atoms. The maximum Gasteiger partial charge on any atom is 0.331 e. The molecule has 0 aromatic heterocycles. The topological polar surface area (TPSA) is 94.5 Å². The van der Waals surface area contributed by atoms with E-state index < -0.39 is 35.0 Å². The van der Waals surface area contributed by atoms with Crippen LogP contribution in [0.15, 0.2) is 71.8 Å². The molecule has 8 nitrogen and oxygen atoms in total. The van der Waals surface area contributed by atoms with Crippen molar-refractivity contribution in [3.8, 4) is 11.5 Å². The summed E-state index contributed by atoms with van der Waals surface area (Å²) in [6.07, 6.45) is 1.67. The highest BCUT2D eigenvalue weighted by Crippen LogP contribution is 2.65. The minimum Gasteiger partial charge on any atom is -0.497 e. The molecule has 0 N–H and O–H groups in total. The third kappa shape index (κ3) is 3.51. The van der Waals surface area contributed by atoms with Gasteiger partial charge in [-0.25, -0.2) is 4.79 Å². The molecule has 3 aliphatic rings. The Bertz CT molecular complexity index is 1550. The standard InChI is InChI=1S/C32H30N2O6/c1-31(2,3)40-30(37)26-25(23-15-14-19(38-4)16-24(23)39-5)32(28(35)21-12-8-9-13-22(21)29(32)36)27-20-11-7-6-10-18(20)17-33-34(26)27/h6-17,25-27H,1-5H3/t25-,26+,27-/m0/s1. The number of nitrogens with zero attached hydrogens (tertiary/aromatic N) is 2. The predicted molar refractivity (Wildman–Crippen MR) is 148 cm³/mol. The van der Waals surface area contributed by atoms with E-state index in [1.807, 2.05) is 24.3 Å². The molecule has 3 atom stereocenters. The van der Waals surface area contributed by atoms with Crippen LogP contribution in [0, 0.1) is 5.41 Å².